The average molecular weight is 284 g/mol. The summed E-state index contributed by atoms with van der Waals surface area (Å²) in [5.41, 5.74) is 2.52. The van der Waals surface area contributed by atoms with Crippen molar-refractivity contribution in [1.82, 2.24) is 4.90 Å². The lowest BCUT2D eigenvalue weighted by Gasteiger charge is -2.14. The third-order valence-corrected chi connectivity index (χ3v) is 3.49. The Morgan fingerprint density at radius 1 is 1.38 bits per heavy atom. The van der Waals surface area contributed by atoms with Crippen molar-refractivity contribution >= 4 is 20.7 Å². The molecule has 0 saturated carbocycles. The van der Waals surface area contributed by atoms with E-state index in [9.17, 15) is 4.79 Å². The van der Waals surface area contributed by atoms with Gasteiger partial charge >= 0.3 is 0 Å². The van der Waals surface area contributed by atoms with Crippen LogP contribution < -0.4 is 0 Å². The summed E-state index contributed by atoms with van der Waals surface area (Å²) in [4.78, 5) is 12.6. The fraction of sp³-hybridized carbons (Fsp3) is 0.462. The number of carbonyl (C=O) groups is 1. The Morgan fingerprint density at radius 2 is 1.94 bits per heavy atom. The highest BCUT2D eigenvalue weighted by Gasteiger charge is 2.06. The van der Waals surface area contributed by atoms with Crippen LogP contribution in [0.2, 0.25) is 0 Å². The van der Waals surface area contributed by atoms with E-state index in [1.165, 1.54) is 5.56 Å². The van der Waals surface area contributed by atoms with E-state index in [1.54, 1.807) is 11.9 Å². The van der Waals surface area contributed by atoms with E-state index in [1.807, 2.05) is 0 Å². The fourth-order valence-corrected chi connectivity index (χ4v) is 1.65. The number of benzene rings is 1. The van der Waals surface area contributed by atoms with Crippen LogP contribution in [0.15, 0.2) is 24.3 Å². The van der Waals surface area contributed by atoms with E-state index in [0.717, 1.165) is 12.0 Å². The molecule has 0 N–H and O–H groups in total. The van der Waals surface area contributed by atoms with Crippen LogP contribution in [0.4, 0.5) is 4.79 Å². The summed E-state index contributed by atoms with van der Waals surface area (Å²) in [6.45, 7) is 5.06. The van der Waals surface area contributed by atoms with Crippen molar-refractivity contribution in [3.05, 3.63) is 35.4 Å². The highest BCUT2D eigenvalue weighted by Crippen LogP contribution is 2.19. The van der Waals surface area contributed by atoms with E-state index in [0.29, 0.717) is 12.5 Å². The molecule has 0 saturated heterocycles. The highest BCUT2D eigenvalue weighted by atomic mass is 79.9. The molecule has 0 spiro atoms. The van der Waals surface area contributed by atoms with E-state index in [4.69, 9.17) is 0 Å². The molecule has 3 heteroatoms. The quantitative estimate of drug-likeness (QED) is 0.601. The first-order valence-corrected chi connectivity index (χ1v) is 6.33. The molecule has 1 aromatic rings. The Bertz CT molecular complexity index is 347. The molecule has 16 heavy (non-hydrogen) atoms. The summed E-state index contributed by atoms with van der Waals surface area (Å²) in [6, 6.07) is 8.48. The van der Waals surface area contributed by atoms with E-state index < -0.39 is 0 Å². The van der Waals surface area contributed by atoms with Gasteiger partial charge in [-0.25, -0.2) is 0 Å². The molecule has 0 aliphatic rings. The zero-order valence-corrected chi connectivity index (χ0v) is 11.6. The summed E-state index contributed by atoms with van der Waals surface area (Å²) < 4.78 is 0. The maximum absolute atomic E-state index is 11.0. The molecule has 0 radical (unpaired) electrons. The largest absolute Gasteiger partial charge is 0.332 e. The SMILES string of the molecule is CCC(C)c1ccc(CN(C)C(=O)Br)cc1. The topological polar surface area (TPSA) is 20.3 Å². The number of carbonyl (C=O) groups excluding carboxylic acids is 1. The standard InChI is InChI=1S/C13H18BrNO/c1-4-10(2)12-7-5-11(6-8-12)9-15(3)13(14)16/h5-8,10H,4,9H2,1-3H3. The highest BCUT2D eigenvalue weighted by molar-refractivity contribution is 9.18. The molecule has 0 fully saturated rings. The fourth-order valence-electron chi connectivity index (χ4n) is 1.52. The first kappa shape index (κ1) is 13.2. The van der Waals surface area contributed by atoms with Crippen LogP contribution in [0.3, 0.4) is 0 Å². The van der Waals surface area contributed by atoms with Gasteiger partial charge in [-0.05, 0) is 23.5 Å². The molecule has 1 unspecified atom stereocenters. The normalized spacial score (nSPS) is 12.2. The van der Waals surface area contributed by atoms with Gasteiger partial charge in [-0.15, -0.1) is 0 Å². The van der Waals surface area contributed by atoms with Gasteiger partial charge < -0.3 is 4.90 Å². The predicted molar refractivity (Wildman–Crippen MR) is 70.9 cm³/mol. The minimum atomic E-state index is -0.0847. The minimum Gasteiger partial charge on any atom is -0.332 e. The van der Waals surface area contributed by atoms with Gasteiger partial charge in [-0.3, -0.25) is 4.79 Å². The third-order valence-electron chi connectivity index (χ3n) is 2.88. The summed E-state index contributed by atoms with van der Waals surface area (Å²) in [6.07, 6.45) is 1.15. The van der Waals surface area contributed by atoms with Gasteiger partial charge in [0.25, 0.3) is 4.82 Å². The molecular formula is C13H18BrNO. The second-order valence-corrected chi connectivity index (χ2v) is 4.84. The Labute approximate surface area is 106 Å². The van der Waals surface area contributed by atoms with E-state index >= 15 is 0 Å². The van der Waals surface area contributed by atoms with Gasteiger partial charge in [0.05, 0.1) is 0 Å². The average Bonchev–Trinajstić information content (AvgIpc) is 2.28. The lowest BCUT2D eigenvalue weighted by molar-refractivity contribution is 0.233. The second kappa shape index (κ2) is 6.04. The summed E-state index contributed by atoms with van der Waals surface area (Å²) >= 11 is 2.93. The van der Waals surface area contributed by atoms with Crippen LogP contribution in [0.5, 0.6) is 0 Å². The number of amides is 1. The molecule has 2 nitrogen and oxygen atoms in total. The zero-order valence-electron chi connectivity index (χ0n) is 10.0. The Kier molecular flexibility index (Phi) is 5.00. The number of halogens is 1. The molecule has 0 bridgehead atoms. The van der Waals surface area contributed by atoms with Crippen molar-refractivity contribution in [2.75, 3.05) is 7.05 Å². The van der Waals surface area contributed by atoms with Crippen molar-refractivity contribution in [1.29, 1.82) is 0 Å². The zero-order chi connectivity index (χ0) is 12.1. The lowest BCUT2D eigenvalue weighted by atomic mass is 9.98. The van der Waals surface area contributed by atoms with Crippen LogP contribution in [-0.4, -0.2) is 16.8 Å². The Balaban J connectivity index is 2.68. The summed E-state index contributed by atoms with van der Waals surface area (Å²) in [7, 11) is 1.78. The van der Waals surface area contributed by atoms with Gasteiger partial charge in [0.1, 0.15) is 0 Å². The first-order valence-electron chi connectivity index (χ1n) is 5.54. The smallest absolute Gasteiger partial charge is 0.289 e. The first-order chi connectivity index (χ1) is 7.54. The minimum absolute atomic E-state index is 0.0847. The summed E-state index contributed by atoms with van der Waals surface area (Å²) in [5.74, 6) is 0.601. The van der Waals surface area contributed by atoms with Crippen LogP contribution in [-0.2, 0) is 6.54 Å². The van der Waals surface area contributed by atoms with Crippen LogP contribution >= 0.6 is 15.9 Å². The molecule has 0 aliphatic carbocycles. The summed E-state index contributed by atoms with van der Waals surface area (Å²) in [5, 5.41) is 0. The van der Waals surface area contributed by atoms with Gasteiger partial charge in [0.15, 0.2) is 0 Å². The molecule has 1 aromatic carbocycles. The van der Waals surface area contributed by atoms with Gasteiger partial charge in [-0.2, -0.15) is 0 Å². The van der Waals surface area contributed by atoms with Crippen LogP contribution in [0.25, 0.3) is 0 Å². The monoisotopic (exact) mass is 283 g/mol. The molecule has 1 rings (SSSR count). The molecule has 0 heterocycles. The number of hydrogen-bond donors (Lipinski definition) is 0. The molecule has 1 amide bonds. The molecule has 88 valence electrons. The van der Waals surface area contributed by atoms with E-state index in [2.05, 4.69) is 54.0 Å². The number of nitrogens with zero attached hydrogens (tertiary/aromatic N) is 1. The molecule has 0 aromatic heterocycles. The predicted octanol–water partition coefficient (Wildman–Crippen LogP) is 4.15. The molecule has 0 aliphatic heterocycles. The number of hydrogen-bond acceptors (Lipinski definition) is 1. The molecular weight excluding hydrogens is 266 g/mol. The van der Waals surface area contributed by atoms with Gasteiger partial charge in [0.2, 0.25) is 0 Å². The van der Waals surface area contributed by atoms with Crippen molar-refractivity contribution in [2.45, 2.75) is 32.7 Å². The van der Waals surface area contributed by atoms with Crippen molar-refractivity contribution in [2.24, 2.45) is 0 Å². The maximum atomic E-state index is 11.0. The third kappa shape index (κ3) is 3.63. The van der Waals surface area contributed by atoms with Crippen molar-refractivity contribution in [3.8, 4) is 0 Å². The molecule has 1 atom stereocenters. The van der Waals surface area contributed by atoms with Gasteiger partial charge in [-0.1, -0.05) is 38.1 Å². The lowest BCUT2D eigenvalue weighted by Crippen LogP contribution is -2.19. The van der Waals surface area contributed by atoms with Gasteiger partial charge in [0, 0.05) is 29.5 Å². The van der Waals surface area contributed by atoms with Crippen LogP contribution in [0.1, 0.15) is 37.3 Å². The van der Waals surface area contributed by atoms with Crippen molar-refractivity contribution in [3.63, 3.8) is 0 Å². The second-order valence-electron chi connectivity index (χ2n) is 4.16. The maximum Gasteiger partial charge on any atom is 0.289 e. The Hall–Kier alpha value is -0.830. The number of rotatable bonds is 4. The van der Waals surface area contributed by atoms with Crippen molar-refractivity contribution < 1.29 is 4.79 Å². The van der Waals surface area contributed by atoms with Crippen LogP contribution in [0, 0.1) is 0 Å². The van der Waals surface area contributed by atoms with E-state index in [-0.39, 0.29) is 4.82 Å². The Morgan fingerprint density at radius 3 is 2.38 bits per heavy atom.